The Bertz CT molecular complexity index is 476. The van der Waals surface area contributed by atoms with Crippen LogP contribution in [0.15, 0.2) is 59.7 Å². The molecule has 1 aliphatic rings. The van der Waals surface area contributed by atoms with Crippen LogP contribution in [0.4, 0.5) is 13.2 Å². The van der Waals surface area contributed by atoms with Crippen LogP contribution in [0, 0.1) is 0 Å². The molecule has 0 aromatic heterocycles. The van der Waals surface area contributed by atoms with E-state index < -0.39 is 11.7 Å². The lowest BCUT2D eigenvalue weighted by atomic mass is 10.00. The fourth-order valence-electron chi connectivity index (χ4n) is 1.64. The van der Waals surface area contributed by atoms with Crippen molar-refractivity contribution in [3.63, 3.8) is 0 Å². The fourth-order valence-corrected chi connectivity index (χ4v) is 1.64. The maximum absolute atomic E-state index is 12.4. The molecule has 0 saturated carbocycles. The van der Waals surface area contributed by atoms with Crippen LogP contribution in [0.1, 0.15) is 12.0 Å². The minimum atomic E-state index is -4.24. The molecule has 1 aromatic rings. The van der Waals surface area contributed by atoms with Crippen molar-refractivity contribution < 1.29 is 13.2 Å². The van der Waals surface area contributed by atoms with Crippen molar-refractivity contribution in [1.82, 2.24) is 0 Å². The van der Waals surface area contributed by atoms with Gasteiger partial charge in [0.25, 0.3) is 0 Å². The highest BCUT2D eigenvalue weighted by Gasteiger charge is 2.32. The van der Waals surface area contributed by atoms with E-state index in [4.69, 9.17) is 0 Å². The predicted molar refractivity (Wildman–Crippen MR) is 62.3 cm³/mol. The van der Waals surface area contributed by atoms with E-state index in [1.54, 1.807) is 0 Å². The van der Waals surface area contributed by atoms with Crippen LogP contribution >= 0.6 is 0 Å². The molecule has 0 spiro atoms. The number of rotatable bonds is 1. The summed E-state index contributed by atoms with van der Waals surface area (Å²) in [5, 5.41) is 0. The molecule has 0 bridgehead atoms. The highest BCUT2D eigenvalue weighted by Crippen LogP contribution is 2.31. The number of halogens is 3. The van der Waals surface area contributed by atoms with Gasteiger partial charge in [-0.3, -0.25) is 0 Å². The third-order valence-corrected chi connectivity index (χ3v) is 2.51. The molecule has 0 fully saturated rings. The first kappa shape index (κ1) is 11.7. The third-order valence-electron chi connectivity index (χ3n) is 2.51. The summed E-state index contributed by atoms with van der Waals surface area (Å²) in [4.78, 5) is 0. The summed E-state index contributed by atoms with van der Waals surface area (Å²) in [5.74, 6) is 0. The number of benzene rings is 1. The van der Waals surface area contributed by atoms with Gasteiger partial charge in [-0.25, -0.2) is 0 Å². The smallest absolute Gasteiger partial charge is 0.166 e. The van der Waals surface area contributed by atoms with Crippen LogP contribution in [-0.4, -0.2) is 6.18 Å². The Morgan fingerprint density at radius 1 is 1.00 bits per heavy atom. The van der Waals surface area contributed by atoms with Gasteiger partial charge in [-0.15, -0.1) is 0 Å². The second-order valence-corrected chi connectivity index (χ2v) is 3.82. The first-order valence-corrected chi connectivity index (χ1v) is 5.27. The molecule has 0 saturated heterocycles. The van der Waals surface area contributed by atoms with Crippen molar-refractivity contribution in [1.29, 1.82) is 0 Å². The lowest BCUT2D eigenvalue weighted by molar-refractivity contribution is -0.0885. The average Bonchev–Trinajstić information content (AvgIpc) is 2.30. The molecule has 0 atom stereocenters. The lowest BCUT2D eigenvalue weighted by Crippen LogP contribution is -2.11. The van der Waals surface area contributed by atoms with Gasteiger partial charge in [0.05, 0.1) is 5.57 Å². The second kappa shape index (κ2) is 4.62. The SMILES string of the molecule is FC(F)(F)C1=CCC(=Cc2ccccc2)C=C1. The van der Waals surface area contributed by atoms with E-state index in [1.807, 2.05) is 36.4 Å². The second-order valence-electron chi connectivity index (χ2n) is 3.82. The van der Waals surface area contributed by atoms with E-state index in [9.17, 15) is 13.2 Å². The van der Waals surface area contributed by atoms with Gasteiger partial charge in [0.1, 0.15) is 0 Å². The number of allylic oxidation sites excluding steroid dienone is 5. The summed E-state index contributed by atoms with van der Waals surface area (Å²) in [6.45, 7) is 0. The van der Waals surface area contributed by atoms with Crippen LogP contribution in [-0.2, 0) is 0 Å². The molecule has 0 radical (unpaired) electrons. The van der Waals surface area contributed by atoms with Crippen molar-refractivity contribution in [2.75, 3.05) is 0 Å². The number of hydrogen-bond acceptors (Lipinski definition) is 0. The summed E-state index contributed by atoms with van der Waals surface area (Å²) in [6.07, 6.45) is 1.83. The van der Waals surface area contributed by atoms with Gasteiger partial charge in [-0.05, 0) is 17.6 Å². The van der Waals surface area contributed by atoms with Crippen molar-refractivity contribution in [2.24, 2.45) is 0 Å². The number of alkyl halides is 3. The van der Waals surface area contributed by atoms with Crippen LogP contribution < -0.4 is 0 Å². The molecular formula is C14H11F3. The van der Waals surface area contributed by atoms with E-state index in [0.29, 0.717) is 6.42 Å². The molecule has 88 valence electrons. The standard InChI is InChI=1S/C14H11F3/c15-14(16,17)13-8-6-12(7-9-13)10-11-4-2-1-3-5-11/h1-6,8-10H,7H2. The fraction of sp³-hybridized carbons (Fsp3) is 0.143. The summed E-state index contributed by atoms with van der Waals surface area (Å²) in [5.41, 5.74) is 1.31. The van der Waals surface area contributed by atoms with E-state index >= 15 is 0 Å². The molecule has 0 N–H and O–H groups in total. The van der Waals surface area contributed by atoms with E-state index in [2.05, 4.69) is 0 Å². The molecule has 0 amide bonds. The molecule has 3 heteroatoms. The van der Waals surface area contributed by atoms with E-state index in [1.165, 1.54) is 12.2 Å². The molecule has 1 aromatic carbocycles. The third kappa shape index (κ3) is 3.09. The highest BCUT2D eigenvalue weighted by molar-refractivity contribution is 5.58. The van der Waals surface area contributed by atoms with Crippen LogP contribution in [0.25, 0.3) is 6.08 Å². The van der Waals surface area contributed by atoms with Crippen molar-refractivity contribution in [3.05, 3.63) is 65.3 Å². The molecule has 0 nitrogen and oxygen atoms in total. The Balaban J connectivity index is 2.13. The maximum Gasteiger partial charge on any atom is 0.416 e. The Morgan fingerprint density at radius 3 is 2.24 bits per heavy atom. The van der Waals surface area contributed by atoms with E-state index in [0.717, 1.165) is 17.2 Å². The summed E-state index contributed by atoms with van der Waals surface area (Å²) in [6, 6.07) is 9.54. The Morgan fingerprint density at radius 2 is 1.71 bits per heavy atom. The molecule has 0 unspecified atom stereocenters. The summed E-state index contributed by atoms with van der Waals surface area (Å²) >= 11 is 0. The van der Waals surface area contributed by atoms with Gasteiger partial charge in [0.2, 0.25) is 0 Å². The zero-order valence-corrected chi connectivity index (χ0v) is 9.04. The molecule has 0 heterocycles. The minimum Gasteiger partial charge on any atom is -0.166 e. The molecule has 17 heavy (non-hydrogen) atoms. The molecule has 2 rings (SSSR count). The largest absolute Gasteiger partial charge is 0.416 e. The number of hydrogen-bond donors (Lipinski definition) is 0. The normalized spacial score (nSPS) is 18.3. The zero-order chi connectivity index (χ0) is 12.3. The van der Waals surface area contributed by atoms with Crippen LogP contribution in [0.5, 0.6) is 0 Å². The van der Waals surface area contributed by atoms with Gasteiger partial charge >= 0.3 is 6.18 Å². The lowest BCUT2D eigenvalue weighted by Gasteiger charge is -2.12. The zero-order valence-electron chi connectivity index (χ0n) is 9.04. The predicted octanol–water partition coefficient (Wildman–Crippen LogP) is 4.52. The Kier molecular flexibility index (Phi) is 3.18. The highest BCUT2D eigenvalue weighted by atomic mass is 19.4. The molecule has 0 aliphatic heterocycles. The molecule has 1 aliphatic carbocycles. The minimum absolute atomic E-state index is 0.320. The first-order valence-electron chi connectivity index (χ1n) is 5.27. The Hall–Kier alpha value is -1.77. The summed E-state index contributed by atoms with van der Waals surface area (Å²) < 4.78 is 37.1. The van der Waals surface area contributed by atoms with Crippen molar-refractivity contribution in [2.45, 2.75) is 12.6 Å². The topological polar surface area (TPSA) is 0 Å². The summed E-state index contributed by atoms with van der Waals surface area (Å²) in [7, 11) is 0. The quantitative estimate of drug-likeness (QED) is 0.672. The van der Waals surface area contributed by atoms with Crippen molar-refractivity contribution >= 4 is 6.08 Å². The average molecular weight is 236 g/mol. The monoisotopic (exact) mass is 236 g/mol. The van der Waals surface area contributed by atoms with Gasteiger partial charge in [-0.1, -0.05) is 54.6 Å². The van der Waals surface area contributed by atoms with E-state index in [-0.39, 0.29) is 0 Å². The van der Waals surface area contributed by atoms with Gasteiger partial charge in [0.15, 0.2) is 0 Å². The van der Waals surface area contributed by atoms with Gasteiger partial charge < -0.3 is 0 Å². The first-order chi connectivity index (χ1) is 8.05. The van der Waals surface area contributed by atoms with Crippen molar-refractivity contribution in [3.8, 4) is 0 Å². The Labute approximate surface area is 97.8 Å². The van der Waals surface area contributed by atoms with Gasteiger partial charge in [-0.2, -0.15) is 13.2 Å². The van der Waals surface area contributed by atoms with Crippen LogP contribution in [0.3, 0.4) is 0 Å². The molecular weight excluding hydrogens is 225 g/mol. The van der Waals surface area contributed by atoms with Gasteiger partial charge in [0, 0.05) is 0 Å². The van der Waals surface area contributed by atoms with Crippen LogP contribution in [0.2, 0.25) is 0 Å². The maximum atomic E-state index is 12.4.